The van der Waals surface area contributed by atoms with Crippen LogP contribution in [0.5, 0.6) is 5.75 Å². The summed E-state index contributed by atoms with van der Waals surface area (Å²) in [6.07, 6.45) is 2.17. The van der Waals surface area contributed by atoms with Crippen LogP contribution in [0.3, 0.4) is 0 Å². The maximum absolute atomic E-state index is 5.56. The van der Waals surface area contributed by atoms with Crippen LogP contribution in [-0.2, 0) is 0 Å². The van der Waals surface area contributed by atoms with Gasteiger partial charge in [0.1, 0.15) is 5.75 Å². The molecule has 1 N–H and O–H groups in total. The minimum absolute atomic E-state index is 0.463. The van der Waals surface area contributed by atoms with Gasteiger partial charge in [0.15, 0.2) is 0 Å². The van der Waals surface area contributed by atoms with Gasteiger partial charge >= 0.3 is 0 Å². The average Bonchev–Trinajstić information content (AvgIpc) is 2.34. The molecule has 1 aromatic carbocycles. The van der Waals surface area contributed by atoms with E-state index in [9.17, 15) is 0 Å². The highest BCUT2D eigenvalue weighted by molar-refractivity contribution is 5.29. The van der Waals surface area contributed by atoms with Crippen molar-refractivity contribution < 1.29 is 4.74 Å². The summed E-state index contributed by atoms with van der Waals surface area (Å²) in [6.45, 7) is 8.26. The van der Waals surface area contributed by atoms with Gasteiger partial charge in [0.05, 0.1) is 6.61 Å². The molecular weight excluding hydrogens is 198 g/mol. The molecule has 1 atom stereocenters. The largest absolute Gasteiger partial charge is 0.494 e. The third-order valence-electron chi connectivity index (χ3n) is 2.61. The number of nitrogens with one attached hydrogen (secondary N) is 1. The van der Waals surface area contributed by atoms with Gasteiger partial charge in [0.2, 0.25) is 0 Å². The van der Waals surface area contributed by atoms with Crippen LogP contribution in [-0.4, -0.2) is 13.2 Å². The zero-order valence-corrected chi connectivity index (χ0v) is 10.6. The van der Waals surface area contributed by atoms with Crippen LogP contribution in [0.4, 0.5) is 0 Å². The van der Waals surface area contributed by atoms with Gasteiger partial charge in [-0.25, -0.2) is 0 Å². The van der Waals surface area contributed by atoms with Crippen molar-refractivity contribution in [2.75, 3.05) is 13.2 Å². The van der Waals surface area contributed by atoms with Crippen LogP contribution in [0.25, 0.3) is 0 Å². The second kappa shape index (κ2) is 7.29. The smallest absolute Gasteiger partial charge is 0.119 e. The molecule has 0 aromatic heterocycles. The molecule has 0 spiro atoms. The summed E-state index contributed by atoms with van der Waals surface area (Å²) in [5, 5.41) is 3.47. The zero-order chi connectivity index (χ0) is 11.8. The Hall–Kier alpha value is -1.02. The van der Waals surface area contributed by atoms with Gasteiger partial charge < -0.3 is 10.1 Å². The van der Waals surface area contributed by atoms with Crippen molar-refractivity contribution >= 4 is 0 Å². The summed E-state index contributed by atoms with van der Waals surface area (Å²) in [5.41, 5.74) is 1.34. The topological polar surface area (TPSA) is 21.3 Å². The molecule has 2 nitrogen and oxygen atoms in total. The van der Waals surface area contributed by atoms with Crippen molar-refractivity contribution in [1.29, 1.82) is 0 Å². The molecule has 2 heteroatoms. The van der Waals surface area contributed by atoms with E-state index in [0.29, 0.717) is 6.04 Å². The normalized spacial score (nSPS) is 12.4. The number of ether oxygens (including phenoxy) is 1. The average molecular weight is 221 g/mol. The lowest BCUT2D eigenvalue weighted by atomic mass is 10.0. The predicted octanol–water partition coefficient (Wildman–Crippen LogP) is 3.54. The monoisotopic (exact) mass is 221 g/mol. The third-order valence-corrected chi connectivity index (χ3v) is 2.61. The molecule has 0 radical (unpaired) electrons. The number of benzene rings is 1. The van der Waals surface area contributed by atoms with E-state index < -0.39 is 0 Å². The number of rotatable bonds is 7. The lowest BCUT2D eigenvalue weighted by molar-refractivity contribution is 0.317. The Morgan fingerprint density at radius 3 is 2.31 bits per heavy atom. The number of hydrogen-bond donors (Lipinski definition) is 1. The summed E-state index contributed by atoms with van der Waals surface area (Å²) < 4.78 is 5.56. The molecule has 0 aliphatic carbocycles. The van der Waals surface area contributed by atoms with E-state index in [1.165, 1.54) is 5.56 Å². The minimum Gasteiger partial charge on any atom is -0.494 e. The Labute approximate surface area is 99.0 Å². The number of hydrogen-bond acceptors (Lipinski definition) is 2. The molecule has 16 heavy (non-hydrogen) atoms. The van der Waals surface area contributed by atoms with E-state index in [2.05, 4.69) is 50.4 Å². The first-order valence-corrected chi connectivity index (χ1v) is 6.27. The molecular formula is C14H23NO. The summed E-state index contributed by atoms with van der Waals surface area (Å²) in [6, 6.07) is 8.89. The van der Waals surface area contributed by atoms with Crippen LogP contribution in [0.1, 0.15) is 45.2 Å². The molecule has 1 unspecified atom stereocenters. The molecule has 0 fully saturated rings. The quantitative estimate of drug-likeness (QED) is 0.760. The Balaban J connectivity index is 2.61. The Morgan fingerprint density at radius 2 is 1.81 bits per heavy atom. The van der Waals surface area contributed by atoms with E-state index in [1.54, 1.807) is 0 Å². The van der Waals surface area contributed by atoms with Gasteiger partial charge in [-0.3, -0.25) is 0 Å². The predicted molar refractivity (Wildman–Crippen MR) is 68.9 cm³/mol. The molecule has 1 rings (SSSR count). The SMILES string of the molecule is CCCOc1ccc(C(CC)NCC)cc1. The van der Waals surface area contributed by atoms with Gasteiger partial charge in [-0.15, -0.1) is 0 Å². The Kier molecular flexibility index (Phi) is 5.94. The van der Waals surface area contributed by atoms with Gasteiger partial charge in [-0.1, -0.05) is 32.9 Å². The highest BCUT2D eigenvalue weighted by Crippen LogP contribution is 2.20. The third kappa shape index (κ3) is 3.86. The van der Waals surface area contributed by atoms with E-state index >= 15 is 0 Å². The van der Waals surface area contributed by atoms with Crippen molar-refractivity contribution in [3.05, 3.63) is 29.8 Å². The molecule has 0 bridgehead atoms. The van der Waals surface area contributed by atoms with Crippen LogP contribution in [0, 0.1) is 0 Å². The van der Waals surface area contributed by atoms with Gasteiger partial charge in [-0.2, -0.15) is 0 Å². The van der Waals surface area contributed by atoms with Crippen LogP contribution in [0.2, 0.25) is 0 Å². The van der Waals surface area contributed by atoms with Gasteiger partial charge in [-0.05, 0) is 37.1 Å². The van der Waals surface area contributed by atoms with Crippen LogP contribution < -0.4 is 10.1 Å². The molecule has 0 amide bonds. The lowest BCUT2D eigenvalue weighted by Gasteiger charge is -2.16. The molecule has 1 aromatic rings. The highest BCUT2D eigenvalue weighted by atomic mass is 16.5. The first kappa shape index (κ1) is 13.0. The highest BCUT2D eigenvalue weighted by Gasteiger charge is 2.06. The maximum Gasteiger partial charge on any atom is 0.119 e. The van der Waals surface area contributed by atoms with Crippen molar-refractivity contribution in [2.45, 2.75) is 39.7 Å². The molecule has 0 aliphatic heterocycles. The molecule has 0 saturated heterocycles. The van der Waals surface area contributed by atoms with E-state index in [0.717, 1.165) is 31.7 Å². The minimum atomic E-state index is 0.463. The van der Waals surface area contributed by atoms with Gasteiger partial charge in [0.25, 0.3) is 0 Å². The summed E-state index contributed by atoms with van der Waals surface area (Å²) in [5.74, 6) is 0.969. The second-order valence-corrected chi connectivity index (χ2v) is 3.94. The molecule has 0 saturated carbocycles. The van der Waals surface area contributed by atoms with Crippen molar-refractivity contribution in [2.24, 2.45) is 0 Å². The summed E-state index contributed by atoms with van der Waals surface area (Å²) >= 11 is 0. The lowest BCUT2D eigenvalue weighted by Crippen LogP contribution is -2.19. The zero-order valence-electron chi connectivity index (χ0n) is 10.6. The Bertz CT molecular complexity index is 281. The maximum atomic E-state index is 5.56. The summed E-state index contributed by atoms with van der Waals surface area (Å²) in [7, 11) is 0. The van der Waals surface area contributed by atoms with Gasteiger partial charge in [0, 0.05) is 6.04 Å². The Morgan fingerprint density at radius 1 is 1.12 bits per heavy atom. The van der Waals surface area contributed by atoms with E-state index in [1.807, 2.05) is 0 Å². The van der Waals surface area contributed by atoms with Crippen molar-refractivity contribution in [1.82, 2.24) is 5.32 Å². The molecule has 0 aliphatic rings. The van der Waals surface area contributed by atoms with Crippen LogP contribution in [0.15, 0.2) is 24.3 Å². The first-order valence-electron chi connectivity index (χ1n) is 6.27. The first-order chi connectivity index (χ1) is 7.81. The van der Waals surface area contributed by atoms with E-state index in [-0.39, 0.29) is 0 Å². The molecule has 90 valence electrons. The fourth-order valence-corrected chi connectivity index (χ4v) is 1.76. The van der Waals surface area contributed by atoms with Crippen molar-refractivity contribution in [3.8, 4) is 5.75 Å². The fourth-order valence-electron chi connectivity index (χ4n) is 1.76. The standard InChI is InChI=1S/C14H23NO/c1-4-11-16-13-9-7-12(8-10-13)14(5-2)15-6-3/h7-10,14-15H,4-6,11H2,1-3H3. The van der Waals surface area contributed by atoms with Crippen LogP contribution >= 0.6 is 0 Å². The van der Waals surface area contributed by atoms with E-state index in [4.69, 9.17) is 4.74 Å². The second-order valence-electron chi connectivity index (χ2n) is 3.94. The van der Waals surface area contributed by atoms with Crippen molar-refractivity contribution in [3.63, 3.8) is 0 Å². The molecule has 0 heterocycles. The fraction of sp³-hybridized carbons (Fsp3) is 0.571. The summed E-state index contributed by atoms with van der Waals surface area (Å²) in [4.78, 5) is 0.